The van der Waals surface area contributed by atoms with E-state index in [2.05, 4.69) is 26.6 Å². The molecule has 1 unspecified atom stereocenters. The lowest BCUT2D eigenvalue weighted by Gasteiger charge is -2.36. The second-order valence-electron chi connectivity index (χ2n) is 9.26. The van der Waals surface area contributed by atoms with Crippen molar-refractivity contribution in [2.75, 3.05) is 33.2 Å². The summed E-state index contributed by atoms with van der Waals surface area (Å²) in [5, 5.41) is 0. The van der Waals surface area contributed by atoms with Gasteiger partial charge < -0.3 is 10.6 Å². The fourth-order valence-corrected chi connectivity index (χ4v) is 5.02. The Morgan fingerprint density at radius 3 is 2.47 bits per heavy atom. The summed E-state index contributed by atoms with van der Waals surface area (Å²) >= 11 is 0. The number of pyridine rings is 1. The lowest BCUT2D eigenvalue weighted by Crippen LogP contribution is -2.45. The predicted molar refractivity (Wildman–Crippen MR) is 131 cm³/mol. The van der Waals surface area contributed by atoms with Gasteiger partial charge in [-0.2, -0.15) is 0 Å². The van der Waals surface area contributed by atoms with Crippen LogP contribution < -0.4 is 5.73 Å². The molecular weight excluding hydrogens is 465 g/mol. The van der Waals surface area contributed by atoms with E-state index >= 15 is 13.2 Å². The summed E-state index contributed by atoms with van der Waals surface area (Å²) in [7, 11) is 2.02. The summed E-state index contributed by atoms with van der Waals surface area (Å²) in [4.78, 5) is 20.5. The van der Waals surface area contributed by atoms with E-state index in [0.717, 1.165) is 19.2 Å². The molecule has 2 N–H and O–H groups in total. The second kappa shape index (κ2) is 9.41. The predicted octanol–water partition coefficient (Wildman–Crippen LogP) is 4.17. The molecular formula is C28H25F3N4O. The van der Waals surface area contributed by atoms with Crippen LogP contribution in [-0.4, -0.2) is 53.9 Å². The minimum absolute atomic E-state index is 0.0207. The highest BCUT2D eigenvalue weighted by Gasteiger charge is 2.47. The first-order chi connectivity index (χ1) is 17.2. The lowest BCUT2D eigenvalue weighted by molar-refractivity contribution is -0.0257. The molecule has 1 amide bonds. The van der Waals surface area contributed by atoms with Gasteiger partial charge in [-0.05, 0) is 48.5 Å². The van der Waals surface area contributed by atoms with Gasteiger partial charge in [0.25, 0.3) is 5.92 Å². The molecule has 5 nitrogen and oxygen atoms in total. The number of hydrogen-bond acceptors (Lipinski definition) is 4. The zero-order chi connectivity index (χ0) is 25.4. The zero-order valence-corrected chi connectivity index (χ0v) is 19.8. The highest BCUT2D eigenvalue weighted by Crippen LogP contribution is 2.51. The molecule has 0 saturated carbocycles. The Kier molecular flexibility index (Phi) is 6.29. The van der Waals surface area contributed by atoms with Crippen molar-refractivity contribution in [1.82, 2.24) is 14.8 Å². The number of benzene rings is 2. The first-order valence-electron chi connectivity index (χ1n) is 11.7. The third-order valence-electron chi connectivity index (χ3n) is 6.96. The molecule has 3 aromatic rings. The van der Waals surface area contributed by atoms with Crippen molar-refractivity contribution in [3.63, 3.8) is 0 Å². The highest BCUT2D eigenvalue weighted by atomic mass is 19.3. The Labute approximate surface area is 207 Å². The Morgan fingerprint density at radius 1 is 1.06 bits per heavy atom. The average molecular weight is 491 g/mol. The fraction of sp³-hybridized carbons (Fsp3) is 0.286. The van der Waals surface area contributed by atoms with Gasteiger partial charge in [0, 0.05) is 73.3 Å². The minimum atomic E-state index is -3.05. The van der Waals surface area contributed by atoms with Crippen LogP contribution in [0.15, 0.2) is 54.9 Å². The number of hydrogen-bond donors (Lipinski definition) is 1. The van der Waals surface area contributed by atoms with Gasteiger partial charge in [-0.3, -0.25) is 14.7 Å². The van der Waals surface area contributed by atoms with Crippen molar-refractivity contribution >= 4 is 5.91 Å². The number of rotatable bonds is 3. The monoisotopic (exact) mass is 490 g/mol. The first kappa shape index (κ1) is 24.0. The summed E-state index contributed by atoms with van der Waals surface area (Å²) in [6.07, 6.45) is 2.80. The molecule has 1 atom stereocenters. The smallest absolute Gasteiger partial charge is 0.275 e. The highest BCUT2D eigenvalue weighted by molar-refractivity contribution is 6.01. The molecule has 0 spiro atoms. The number of fused-ring (bicyclic) bond motifs is 1. The van der Waals surface area contributed by atoms with Gasteiger partial charge in [-0.25, -0.2) is 13.2 Å². The Hall–Kier alpha value is -3.67. The van der Waals surface area contributed by atoms with Gasteiger partial charge in [-0.1, -0.05) is 24.0 Å². The number of aromatic nitrogens is 1. The third kappa shape index (κ3) is 4.48. The normalized spacial score (nSPS) is 19.4. The summed E-state index contributed by atoms with van der Waals surface area (Å²) < 4.78 is 45.6. The molecule has 8 heteroatoms. The van der Waals surface area contributed by atoms with Gasteiger partial charge in [0.05, 0.1) is 5.56 Å². The number of alkyl halides is 2. The number of amides is 1. The third-order valence-corrected chi connectivity index (χ3v) is 6.96. The molecule has 1 aliphatic heterocycles. The van der Waals surface area contributed by atoms with E-state index in [1.807, 2.05) is 7.05 Å². The average Bonchev–Trinajstić information content (AvgIpc) is 3.14. The summed E-state index contributed by atoms with van der Waals surface area (Å²) in [5.74, 6) is 1.13. The van der Waals surface area contributed by atoms with Crippen molar-refractivity contribution < 1.29 is 18.0 Å². The van der Waals surface area contributed by atoms with Crippen molar-refractivity contribution in [3.8, 4) is 23.0 Å². The molecule has 1 aromatic heterocycles. The Balaban J connectivity index is 1.62. The molecule has 2 heterocycles. The van der Waals surface area contributed by atoms with Gasteiger partial charge >= 0.3 is 0 Å². The van der Waals surface area contributed by atoms with E-state index in [1.165, 1.54) is 12.1 Å². The molecule has 2 aromatic carbocycles. The van der Waals surface area contributed by atoms with E-state index in [-0.39, 0.29) is 34.2 Å². The number of carbonyl (C=O) groups is 1. The second-order valence-corrected chi connectivity index (χ2v) is 9.26. The molecule has 5 rings (SSSR count). The summed E-state index contributed by atoms with van der Waals surface area (Å²) in [6.45, 7) is 3.06. The maximum Gasteiger partial charge on any atom is 0.275 e. The number of nitrogens with zero attached hydrogens (tertiary/aromatic N) is 3. The lowest BCUT2D eigenvalue weighted by atomic mass is 9.91. The molecule has 0 radical (unpaired) electrons. The quantitative estimate of drug-likeness (QED) is 0.560. The number of piperazine rings is 1. The van der Waals surface area contributed by atoms with Crippen LogP contribution in [0.3, 0.4) is 0 Å². The standard InChI is InChI=1S/C28H25F3N4O/c1-34-12-14-35(15-13-34)25-17-28(30,31)23-16-19(3-5-20(23)25)26-21(4-2-18-8-10-33-11-9-18)24(29)7-6-22(26)27(32)36/h3,5-11,16,25H,12-15,17H2,1H3,(H2,32,36). The number of primary amides is 1. The van der Waals surface area contributed by atoms with Crippen LogP contribution in [0.2, 0.25) is 0 Å². The van der Waals surface area contributed by atoms with Gasteiger partial charge in [0.2, 0.25) is 5.91 Å². The molecule has 1 aliphatic carbocycles. The maximum absolute atomic E-state index is 15.3. The van der Waals surface area contributed by atoms with Crippen LogP contribution in [0.1, 0.15) is 45.1 Å². The molecule has 0 bridgehead atoms. The SMILES string of the molecule is CN1CCN(C2CC(F)(F)c3cc(-c4c(C(N)=O)ccc(F)c4C#Cc4ccncc4)ccc32)CC1. The minimum Gasteiger partial charge on any atom is -0.366 e. The van der Waals surface area contributed by atoms with Crippen LogP contribution in [0, 0.1) is 17.7 Å². The van der Waals surface area contributed by atoms with E-state index in [9.17, 15) is 4.79 Å². The van der Waals surface area contributed by atoms with E-state index in [0.29, 0.717) is 24.2 Å². The Bertz CT molecular complexity index is 1370. The molecule has 2 aliphatic rings. The van der Waals surface area contributed by atoms with E-state index in [4.69, 9.17) is 5.73 Å². The molecule has 184 valence electrons. The molecule has 1 saturated heterocycles. The fourth-order valence-electron chi connectivity index (χ4n) is 5.02. The summed E-state index contributed by atoms with van der Waals surface area (Å²) in [5.41, 5.74) is 7.00. The Morgan fingerprint density at radius 2 is 1.78 bits per heavy atom. The van der Waals surface area contributed by atoms with Gasteiger partial charge in [0.15, 0.2) is 0 Å². The van der Waals surface area contributed by atoms with Crippen LogP contribution in [0.25, 0.3) is 11.1 Å². The number of likely N-dealkylation sites (N-methyl/N-ethyl adjacent to an activating group) is 1. The van der Waals surface area contributed by atoms with Crippen molar-refractivity contribution in [2.24, 2.45) is 5.73 Å². The summed E-state index contributed by atoms with van der Waals surface area (Å²) in [6, 6.07) is 10.0. The topological polar surface area (TPSA) is 62.5 Å². The van der Waals surface area contributed by atoms with Crippen molar-refractivity contribution in [3.05, 3.63) is 88.5 Å². The molecule has 1 fully saturated rings. The van der Waals surface area contributed by atoms with E-state index < -0.39 is 23.7 Å². The molecule has 36 heavy (non-hydrogen) atoms. The number of halogens is 3. The van der Waals surface area contributed by atoms with Gasteiger partial charge in [-0.15, -0.1) is 0 Å². The van der Waals surface area contributed by atoms with Crippen LogP contribution in [0.5, 0.6) is 0 Å². The van der Waals surface area contributed by atoms with Crippen LogP contribution in [0.4, 0.5) is 13.2 Å². The van der Waals surface area contributed by atoms with Crippen molar-refractivity contribution in [2.45, 2.75) is 18.4 Å². The van der Waals surface area contributed by atoms with Crippen LogP contribution >= 0.6 is 0 Å². The van der Waals surface area contributed by atoms with Crippen LogP contribution in [-0.2, 0) is 5.92 Å². The number of carbonyl (C=O) groups excluding carboxylic acids is 1. The largest absolute Gasteiger partial charge is 0.366 e. The number of nitrogens with two attached hydrogens (primary N) is 1. The maximum atomic E-state index is 15.3. The van der Waals surface area contributed by atoms with Gasteiger partial charge in [0.1, 0.15) is 5.82 Å². The first-order valence-corrected chi connectivity index (χ1v) is 11.7. The van der Waals surface area contributed by atoms with E-state index in [1.54, 1.807) is 36.7 Å². The van der Waals surface area contributed by atoms with Crippen molar-refractivity contribution in [1.29, 1.82) is 0 Å². The zero-order valence-electron chi connectivity index (χ0n) is 19.8.